The lowest BCUT2D eigenvalue weighted by atomic mass is 10.1. The summed E-state index contributed by atoms with van der Waals surface area (Å²) in [5.41, 5.74) is 1.43. The third-order valence-corrected chi connectivity index (χ3v) is 6.36. The average Bonchev–Trinajstić information content (AvgIpc) is 3.06. The van der Waals surface area contributed by atoms with E-state index in [9.17, 15) is 18.8 Å². The summed E-state index contributed by atoms with van der Waals surface area (Å²) < 4.78 is 30.2. The summed E-state index contributed by atoms with van der Waals surface area (Å²) in [6.45, 7) is 3.89. The van der Waals surface area contributed by atoms with Gasteiger partial charge in [0.25, 0.3) is 11.1 Å². The SMILES string of the molecule is CCOc1cc(/C=C2/SC(=O)N([C@H](C)C(=O)OC)C2=O)cc(I)c1OCc1ccc(F)cc1. The molecule has 174 valence electrons. The number of amides is 2. The van der Waals surface area contributed by atoms with Gasteiger partial charge in [0.1, 0.15) is 18.5 Å². The van der Waals surface area contributed by atoms with Crippen molar-refractivity contribution in [2.24, 2.45) is 0 Å². The fourth-order valence-electron chi connectivity index (χ4n) is 3.05. The highest BCUT2D eigenvalue weighted by atomic mass is 127. The average molecular weight is 585 g/mol. The predicted octanol–water partition coefficient (Wildman–Crippen LogP) is 5.01. The Morgan fingerprint density at radius 1 is 1.21 bits per heavy atom. The summed E-state index contributed by atoms with van der Waals surface area (Å²) in [5, 5.41) is -0.539. The molecular weight excluding hydrogens is 564 g/mol. The summed E-state index contributed by atoms with van der Waals surface area (Å²) in [5.74, 6) is -0.564. The maximum atomic E-state index is 13.1. The Hall–Kier alpha value is -2.60. The molecule has 3 rings (SSSR count). The van der Waals surface area contributed by atoms with Crippen LogP contribution in [0.4, 0.5) is 9.18 Å². The highest BCUT2D eigenvalue weighted by molar-refractivity contribution is 14.1. The van der Waals surface area contributed by atoms with Gasteiger partial charge in [-0.2, -0.15) is 0 Å². The van der Waals surface area contributed by atoms with E-state index in [1.165, 1.54) is 26.2 Å². The van der Waals surface area contributed by atoms with Gasteiger partial charge in [0.15, 0.2) is 11.5 Å². The van der Waals surface area contributed by atoms with Crippen LogP contribution in [-0.4, -0.2) is 41.8 Å². The molecule has 0 saturated carbocycles. The number of thioether (sulfide) groups is 1. The van der Waals surface area contributed by atoms with E-state index in [4.69, 9.17) is 9.47 Å². The van der Waals surface area contributed by atoms with Crippen LogP contribution in [0.3, 0.4) is 0 Å². The first-order valence-electron chi connectivity index (χ1n) is 9.93. The summed E-state index contributed by atoms with van der Waals surface area (Å²) in [4.78, 5) is 37.9. The van der Waals surface area contributed by atoms with Gasteiger partial charge in [-0.15, -0.1) is 0 Å². The summed E-state index contributed by atoms with van der Waals surface area (Å²) in [7, 11) is 1.20. The van der Waals surface area contributed by atoms with E-state index in [0.717, 1.165) is 25.8 Å². The Balaban J connectivity index is 1.86. The standard InChI is InChI=1S/C23H21FINO6S/c1-4-31-18-10-15(9-17(25)20(18)32-12-14-5-7-16(24)8-6-14)11-19-21(27)26(23(29)33-19)13(2)22(28)30-3/h5-11,13H,4,12H2,1-3H3/b19-11+/t13-/m1/s1. The molecule has 33 heavy (non-hydrogen) atoms. The van der Waals surface area contributed by atoms with Gasteiger partial charge in [0.2, 0.25) is 0 Å². The molecule has 0 radical (unpaired) electrons. The zero-order chi connectivity index (χ0) is 24.1. The van der Waals surface area contributed by atoms with Gasteiger partial charge in [-0.3, -0.25) is 14.5 Å². The lowest BCUT2D eigenvalue weighted by Gasteiger charge is -2.18. The van der Waals surface area contributed by atoms with Crippen molar-refractivity contribution in [1.29, 1.82) is 0 Å². The summed E-state index contributed by atoms with van der Waals surface area (Å²) in [6, 6.07) is 8.50. The van der Waals surface area contributed by atoms with Crippen LogP contribution in [0, 0.1) is 9.39 Å². The topological polar surface area (TPSA) is 82.1 Å². The number of rotatable bonds is 8. The number of ether oxygens (including phenoxy) is 3. The van der Waals surface area contributed by atoms with Crippen LogP contribution in [0.25, 0.3) is 6.08 Å². The van der Waals surface area contributed by atoms with Gasteiger partial charge < -0.3 is 14.2 Å². The molecule has 1 heterocycles. The first kappa shape index (κ1) is 25.0. The molecule has 1 aliphatic heterocycles. The van der Waals surface area contributed by atoms with Crippen molar-refractivity contribution >= 4 is 57.5 Å². The number of esters is 1. The molecule has 0 aromatic heterocycles. The van der Waals surface area contributed by atoms with Crippen LogP contribution >= 0.6 is 34.4 Å². The van der Waals surface area contributed by atoms with E-state index >= 15 is 0 Å². The molecule has 0 aliphatic carbocycles. The number of hydrogen-bond acceptors (Lipinski definition) is 7. The molecule has 1 fully saturated rings. The molecule has 1 saturated heterocycles. The van der Waals surface area contributed by atoms with Gasteiger partial charge in [0, 0.05) is 0 Å². The van der Waals surface area contributed by atoms with E-state index in [1.54, 1.807) is 30.3 Å². The second kappa shape index (κ2) is 11.0. The molecule has 0 spiro atoms. The van der Waals surface area contributed by atoms with Crippen LogP contribution in [0.1, 0.15) is 25.0 Å². The molecule has 10 heteroatoms. The molecule has 2 amide bonds. The molecule has 1 aliphatic rings. The molecule has 0 bridgehead atoms. The normalized spacial score (nSPS) is 15.7. The van der Waals surface area contributed by atoms with Crippen molar-refractivity contribution in [1.82, 2.24) is 4.90 Å². The third-order valence-electron chi connectivity index (χ3n) is 4.68. The fraction of sp³-hybridized carbons (Fsp3) is 0.261. The molecule has 0 unspecified atom stereocenters. The van der Waals surface area contributed by atoms with Crippen LogP contribution in [0.15, 0.2) is 41.3 Å². The van der Waals surface area contributed by atoms with E-state index < -0.39 is 23.2 Å². The van der Waals surface area contributed by atoms with Crippen molar-refractivity contribution in [3.05, 3.63) is 61.8 Å². The Labute approximate surface area is 208 Å². The number of methoxy groups -OCH3 is 1. The van der Waals surface area contributed by atoms with E-state index in [0.29, 0.717) is 23.7 Å². The molecule has 2 aromatic rings. The Kier molecular flexibility index (Phi) is 8.35. The molecule has 1 atom stereocenters. The number of nitrogens with zero attached hydrogens (tertiary/aromatic N) is 1. The second-order valence-corrected chi connectivity index (χ2v) is 9.08. The number of hydrogen-bond donors (Lipinski definition) is 0. The zero-order valence-electron chi connectivity index (χ0n) is 18.1. The fourth-order valence-corrected chi connectivity index (χ4v) is 4.74. The van der Waals surface area contributed by atoms with Crippen LogP contribution in [0.5, 0.6) is 11.5 Å². The van der Waals surface area contributed by atoms with Crippen molar-refractivity contribution in [2.75, 3.05) is 13.7 Å². The first-order valence-corrected chi connectivity index (χ1v) is 11.8. The lowest BCUT2D eigenvalue weighted by Crippen LogP contribution is -2.42. The summed E-state index contributed by atoms with van der Waals surface area (Å²) >= 11 is 2.86. The van der Waals surface area contributed by atoms with Crippen molar-refractivity contribution < 1.29 is 33.0 Å². The monoisotopic (exact) mass is 585 g/mol. The first-order chi connectivity index (χ1) is 15.7. The van der Waals surface area contributed by atoms with E-state index in [1.807, 2.05) is 6.92 Å². The quantitative estimate of drug-likeness (QED) is 0.245. The summed E-state index contributed by atoms with van der Waals surface area (Å²) in [6.07, 6.45) is 1.57. The van der Waals surface area contributed by atoms with Gasteiger partial charge in [0.05, 0.1) is 22.2 Å². The zero-order valence-corrected chi connectivity index (χ0v) is 21.1. The minimum atomic E-state index is -1.02. The van der Waals surface area contributed by atoms with Crippen molar-refractivity contribution in [2.45, 2.75) is 26.5 Å². The minimum Gasteiger partial charge on any atom is -0.490 e. The molecule has 2 aromatic carbocycles. The highest BCUT2D eigenvalue weighted by Gasteiger charge is 2.41. The van der Waals surface area contributed by atoms with Crippen LogP contribution < -0.4 is 9.47 Å². The van der Waals surface area contributed by atoms with Crippen molar-refractivity contribution in [3.63, 3.8) is 0 Å². The highest BCUT2D eigenvalue weighted by Crippen LogP contribution is 2.38. The second-order valence-electron chi connectivity index (χ2n) is 6.93. The van der Waals surface area contributed by atoms with E-state index in [-0.39, 0.29) is 17.3 Å². The number of halogens is 2. The van der Waals surface area contributed by atoms with E-state index in [2.05, 4.69) is 27.3 Å². The number of carbonyl (C=O) groups is 3. The number of carbonyl (C=O) groups excluding carboxylic acids is 3. The smallest absolute Gasteiger partial charge is 0.328 e. The minimum absolute atomic E-state index is 0.189. The molecule has 7 nitrogen and oxygen atoms in total. The Morgan fingerprint density at radius 2 is 1.91 bits per heavy atom. The molecular formula is C23H21FINO6S. The van der Waals surface area contributed by atoms with Crippen molar-refractivity contribution in [3.8, 4) is 11.5 Å². The van der Waals surface area contributed by atoms with Gasteiger partial charge in [-0.1, -0.05) is 12.1 Å². The Bertz CT molecular complexity index is 1100. The van der Waals surface area contributed by atoms with Crippen LogP contribution in [0.2, 0.25) is 0 Å². The third kappa shape index (κ3) is 5.85. The van der Waals surface area contributed by atoms with Gasteiger partial charge in [-0.25, -0.2) is 9.18 Å². The van der Waals surface area contributed by atoms with Crippen LogP contribution in [-0.2, 0) is 20.9 Å². The maximum Gasteiger partial charge on any atom is 0.328 e. The molecule has 0 N–H and O–H groups in total. The number of benzene rings is 2. The lowest BCUT2D eigenvalue weighted by molar-refractivity contribution is -0.148. The Morgan fingerprint density at radius 3 is 2.55 bits per heavy atom. The largest absolute Gasteiger partial charge is 0.490 e. The number of imide groups is 1. The predicted molar refractivity (Wildman–Crippen MR) is 130 cm³/mol. The van der Waals surface area contributed by atoms with Gasteiger partial charge in [-0.05, 0) is 89.7 Å². The maximum absolute atomic E-state index is 13.1. The van der Waals surface area contributed by atoms with Gasteiger partial charge >= 0.3 is 5.97 Å².